The Bertz CT molecular complexity index is 1260. The first kappa shape index (κ1) is 24.3. The SMILES string of the molecule is C[C@@H](OC1CCN(c2nc(C(C)(C)C)no2)CC1)c1nc(-c2ccc(S(C)(=O)=O)c(F)c2)no1. The summed E-state index contributed by atoms with van der Waals surface area (Å²) >= 11 is 0. The standard InChI is InChI=1S/C22H28FN5O5S/c1-13(19-24-18(26-32-19)14-6-7-17(16(23)12-14)34(5,29)30)31-15-8-10-28(11-9-15)21-25-20(27-33-21)22(2,3)4/h6-7,12-13,15H,8-11H2,1-5H3/t13-/m1/s1. The Labute approximate surface area is 197 Å². The fraction of sp³-hybridized carbons (Fsp3) is 0.545. The maximum atomic E-state index is 14.2. The van der Waals surface area contributed by atoms with Crippen LogP contribution in [0.1, 0.15) is 58.4 Å². The van der Waals surface area contributed by atoms with Crippen molar-refractivity contribution >= 4 is 15.9 Å². The number of sulfone groups is 1. The van der Waals surface area contributed by atoms with Gasteiger partial charge in [0, 0.05) is 30.3 Å². The van der Waals surface area contributed by atoms with E-state index in [1.54, 1.807) is 0 Å². The van der Waals surface area contributed by atoms with Gasteiger partial charge in [-0.1, -0.05) is 31.1 Å². The number of nitrogens with zero attached hydrogens (tertiary/aromatic N) is 5. The van der Waals surface area contributed by atoms with Crippen molar-refractivity contribution in [3.8, 4) is 11.4 Å². The molecule has 3 heterocycles. The molecule has 0 spiro atoms. The van der Waals surface area contributed by atoms with E-state index < -0.39 is 21.8 Å². The first-order chi connectivity index (χ1) is 15.9. The van der Waals surface area contributed by atoms with Crippen LogP contribution < -0.4 is 4.90 Å². The van der Waals surface area contributed by atoms with Gasteiger partial charge in [0.15, 0.2) is 15.7 Å². The Hall–Kier alpha value is -2.86. The van der Waals surface area contributed by atoms with E-state index in [4.69, 9.17) is 13.8 Å². The van der Waals surface area contributed by atoms with Gasteiger partial charge in [-0.3, -0.25) is 0 Å². The zero-order valence-corrected chi connectivity index (χ0v) is 20.6. The van der Waals surface area contributed by atoms with Crippen LogP contribution in [0.2, 0.25) is 0 Å². The molecule has 0 aliphatic carbocycles. The Morgan fingerprint density at radius 3 is 2.44 bits per heavy atom. The van der Waals surface area contributed by atoms with Crippen LogP contribution in [0.15, 0.2) is 32.1 Å². The summed E-state index contributed by atoms with van der Waals surface area (Å²) in [6.45, 7) is 9.34. The van der Waals surface area contributed by atoms with Crippen molar-refractivity contribution in [1.82, 2.24) is 20.3 Å². The number of hydrogen-bond donors (Lipinski definition) is 0. The minimum absolute atomic E-state index is 0.0157. The molecule has 0 N–H and O–H groups in total. The van der Waals surface area contributed by atoms with Crippen LogP contribution in [0.3, 0.4) is 0 Å². The Morgan fingerprint density at radius 2 is 1.85 bits per heavy atom. The lowest BCUT2D eigenvalue weighted by Gasteiger charge is -2.31. The number of hydrogen-bond acceptors (Lipinski definition) is 10. The van der Waals surface area contributed by atoms with E-state index in [-0.39, 0.29) is 28.1 Å². The predicted molar refractivity (Wildman–Crippen MR) is 121 cm³/mol. The molecule has 3 aromatic rings. The van der Waals surface area contributed by atoms with Gasteiger partial charge in [-0.2, -0.15) is 9.97 Å². The molecule has 1 atom stereocenters. The second-order valence-corrected chi connectivity index (χ2v) is 11.5. The lowest BCUT2D eigenvalue weighted by atomic mass is 9.96. The van der Waals surface area contributed by atoms with Gasteiger partial charge in [-0.05, 0) is 38.0 Å². The summed E-state index contributed by atoms with van der Waals surface area (Å²) in [6.07, 6.45) is 1.99. The van der Waals surface area contributed by atoms with E-state index >= 15 is 0 Å². The average Bonchev–Trinajstić information content (AvgIpc) is 3.43. The van der Waals surface area contributed by atoms with Crippen LogP contribution in [-0.2, 0) is 20.0 Å². The minimum Gasteiger partial charge on any atom is -0.365 e. The third-order valence-corrected chi connectivity index (χ3v) is 6.70. The molecule has 1 aromatic carbocycles. The monoisotopic (exact) mass is 493 g/mol. The quantitative estimate of drug-likeness (QED) is 0.502. The van der Waals surface area contributed by atoms with Gasteiger partial charge in [0.05, 0.1) is 6.10 Å². The lowest BCUT2D eigenvalue weighted by Crippen LogP contribution is -2.37. The second-order valence-electron chi connectivity index (χ2n) is 9.49. The normalized spacial score (nSPS) is 16.7. The summed E-state index contributed by atoms with van der Waals surface area (Å²) in [5.74, 6) is 0.229. The van der Waals surface area contributed by atoms with Crippen LogP contribution >= 0.6 is 0 Å². The molecule has 1 saturated heterocycles. The highest BCUT2D eigenvalue weighted by Gasteiger charge is 2.28. The number of anilines is 1. The van der Waals surface area contributed by atoms with Crippen molar-refractivity contribution in [1.29, 1.82) is 0 Å². The number of aromatic nitrogens is 4. The summed E-state index contributed by atoms with van der Waals surface area (Å²) in [5.41, 5.74) is 0.137. The zero-order valence-electron chi connectivity index (χ0n) is 19.8. The van der Waals surface area contributed by atoms with Gasteiger partial charge in [0.1, 0.15) is 16.8 Å². The number of piperidine rings is 1. The average molecular weight is 494 g/mol. The number of benzene rings is 1. The summed E-state index contributed by atoms with van der Waals surface area (Å²) < 4.78 is 54.3. The van der Waals surface area contributed by atoms with Gasteiger partial charge < -0.3 is 18.7 Å². The molecule has 1 aliphatic heterocycles. The van der Waals surface area contributed by atoms with Crippen LogP contribution in [0.5, 0.6) is 0 Å². The maximum absolute atomic E-state index is 14.2. The number of ether oxygens (including phenoxy) is 1. The highest BCUT2D eigenvalue weighted by atomic mass is 32.2. The van der Waals surface area contributed by atoms with Crippen LogP contribution in [0.4, 0.5) is 10.4 Å². The van der Waals surface area contributed by atoms with Crippen LogP contribution in [0, 0.1) is 5.82 Å². The summed E-state index contributed by atoms with van der Waals surface area (Å²) in [4.78, 5) is 10.5. The van der Waals surface area contributed by atoms with E-state index in [0.29, 0.717) is 30.5 Å². The zero-order chi connectivity index (χ0) is 24.7. The molecule has 184 valence electrons. The van der Waals surface area contributed by atoms with Crippen molar-refractivity contribution in [2.24, 2.45) is 0 Å². The molecule has 0 radical (unpaired) electrons. The molecule has 1 fully saturated rings. The van der Waals surface area contributed by atoms with E-state index in [9.17, 15) is 12.8 Å². The van der Waals surface area contributed by atoms with Crippen molar-refractivity contribution in [2.75, 3.05) is 24.2 Å². The molecule has 4 rings (SSSR count). The van der Waals surface area contributed by atoms with Crippen molar-refractivity contribution in [3.05, 3.63) is 35.7 Å². The smallest absolute Gasteiger partial charge is 0.324 e. The van der Waals surface area contributed by atoms with Gasteiger partial charge in [0.25, 0.3) is 5.89 Å². The molecular weight excluding hydrogens is 465 g/mol. The molecule has 0 amide bonds. The summed E-state index contributed by atoms with van der Waals surface area (Å²) in [7, 11) is -3.66. The molecule has 1 aliphatic rings. The fourth-order valence-electron chi connectivity index (χ4n) is 3.64. The minimum atomic E-state index is -3.66. The second kappa shape index (κ2) is 9.06. The van der Waals surface area contributed by atoms with Gasteiger partial charge in [-0.25, -0.2) is 12.8 Å². The molecule has 10 nitrogen and oxygen atoms in total. The van der Waals surface area contributed by atoms with Crippen molar-refractivity contribution in [3.63, 3.8) is 0 Å². The highest BCUT2D eigenvalue weighted by Crippen LogP contribution is 2.28. The fourth-order valence-corrected chi connectivity index (χ4v) is 4.37. The number of rotatable bonds is 6. The van der Waals surface area contributed by atoms with E-state index in [2.05, 4.69) is 20.3 Å². The summed E-state index contributed by atoms with van der Waals surface area (Å²) in [5, 5.41) is 7.97. The molecule has 34 heavy (non-hydrogen) atoms. The van der Waals surface area contributed by atoms with Crippen molar-refractivity contribution in [2.45, 2.75) is 63.1 Å². The van der Waals surface area contributed by atoms with E-state index in [0.717, 1.165) is 25.2 Å². The Balaban J connectivity index is 1.35. The maximum Gasteiger partial charge on any atom is 0.324 e. The third-order valence-electron chi connectivity index (χ3n) is 5.57. The summed E-state index contributed by atoms with van der Waals surface area (Å²) in [6, 6.07) is 4.23. The van der Waals surface area contributed by atoms with Crippen molar-refractivity contribution < 1.29 is 26.6 Å². The Morgan fingerprint density at radius 1 is 1.15 bits per heavy atom. The van der Waals surface area contributed by atoms with E-state index in [1.807, 2.05) is 32.6 Å². The first-order valence-electron chi connectivity index (χ1n) is 11.0. The predicted octanol–water partition coefficient (Wildman–Crippen LogP) is 3.71. The Kier molecular flexibility index (Phi) is 6.47. The topological polar surface area (TPSA) is 124 Å². The highest BCUT2D eigenvalue weighted by molar-refractivity contribution is 7.90. The van der Waals surface area contributed by atoms with E-state index in [1.165, 1.54) is 12.1 Å². The number of halogens is 1. The molecular formula is C22H28FN5O5S. The van der Waals surface area contributed by atoms with Gasteiger partial charge >= 0.3 is 6.01 Å². The van der Waals surface area contributed by atoms with Gasteiger partial charge in [0.2, 0.25) is 5.82 Å². The molecule has 0 unspecified atom stereocenters. The molecule has 0 saturated carbocycles. The molecule has 12 heteroatoms. The lowest BCUT2D eigenvalue weighted by molar-refractivity contribution is -0.0303. The molecule has 0 bridgehead atoms. The third kappa shape index (κ3) is 5.27. The van der Waals surface area contributed by atoms with Crippen LogP contribution in [-0.4, -0.2) is 54.1 Å². The molecule has 2 aromatic heterocycles. The van der Waals surface area contributed by atoms with Crippen LogP contribution in [0.25, 0.3) is 11.4 Å². The first-order valence-corrected chi connectivity index (χ1v) is 12.9. The van der Waals surface area contributed by atoms with Gasteiger partial charge in [-0.15, -0.1) is 0 Å². The largest absolute Gasteiger partial charge is 0.365 e.